The molecule has 0 saturated carbocycles. The number of benzene rings is 4. The maximum Gasteiger partial charge on any atom is 0.573 e. The Morgan fingerprint density at radius 1 is 0.630 bits per heavy atom. The van der Waals surface area contributed by atoms with Crippen molar-refractivity contribution >= 4 is 68.2 Å². The molecule has 0 unspecified atom stereocenters. The Kier molecular flexibility index (Phi) is 11.3. The molecule has 0 spiro atoms. The summed E-state index contributed by atoms with van der Waals surface area (Å²) in [6.45, 7) is 1.70. The minimum Gasteiger partial charge on any atom is -0.406 e. The van der Waals surface area contributed by atoms with Gasteiger partial charge < -0.3 is 19.4 Å². The van der Waals surface area contributed by atoms with Crippen LogP contribution in [0.2, 0.25) is 20.4 Å². The SMILES string of the molecule is Cc1cccc(OC(F)(F)F)c1.Clc1ccc2cc(Cl)[nH]c2c1.FC(F)(F)Oc1cccc(Cc2c(Cl)[nH]c3cc(Cl)ccc23)c1. The fourth-order valence-corrected chi connectivity index (χ4v) is 5.13. The molecule has 0 aliphatic carbocycles. The third-order valence-corrected chi connectivity index (χ3v) is 7.10. The van der Waals surface area contributed by atoms with Gasteiger partial charge in [-0.1, -0.05) is 82.8 Å². The first-order valence-corrected chi connectivity index (χ1v) is 14.6. The number of hydrogen-bond acceptors (Lipinski definition) is 2. The minimum atomic E-state index is -4.71. The van der Waals surface area contributed by atoms with Gasteiger partial charge in [0.1, 0.15) is 21.8 Å². The van der Waals surface area contributed by atoms with Crippen molar-refractivity contribution in [1.29, 1.82) is 0 Å². The quantitative estimate of drug-likeness (QED) is 0.178. The van der Waals surface area contributed by atoms with Crippen LogP contribution in [-0.2, 0) is 6.42 Å². The van der Waals surface area contributed by atoms with Crippen molar-refractivity contribution in [1.82, 2.24) is 9.97 Å². The fourth-order valence-electron chi connectivity index (χ4n) is 4.30. The highest BCUT2D eigenvalue weighted by Gasteiger charge is 2.31. The molecule has 4 aromatic carbocycles. The van der Waals surface area contributed by atoms with E-state index in [1.165, 1.54) is 36.4 Å². The van der Waals surface area contributed by atoms with E-state index >= 15 is 0 Å². The van der Waals surface area contributed by atoms with Crippen LogP contribution in [0.1, 0.15) is 16.7 Å². The summed E-state index contributed by atoms with van der Waals surface area (Å²) in [7, 11) is 0. The average molecular weight is 722 g/mol. The highest BCUT2D eigenvalue weighted by atomic mass is 35.5. The number of fused-ring (bicyclic) bond motifs is 2. The number of hydrogen-bond donors (Lipinski definition) is 2. The van der Waals surface area contributed by atoms with Crippen molar-refractivity contribution in [3.8, 4) is 11.5 Å². The molecule has 0 aliphatic rings. The molecule has 0 radical (unpaired) electrons. The summed E-state index contributed by atoms with van der Waals surface area (Å²) >= 11 is 23.6. The van der Waals surface area contributed by atoms with Gasteiger partial charge >= 0.3 is 12.7 Å². The highest BCUT2D eigenvalue weighted by Crippen LogP contribution is 2.32. The lowest BCUT2D eigenvalue weighted by Crippen LogP contribution is -2.17. The molecule has 0 saturated heterocycles. The number of nitrogens with one attached hydrogen (secondary N) is 2. The van der Waals surface area contributed by atoms with Crippen LogP contribution in [0.5, 0.6) is 11.5 Å². The van der Waals surface area contributed by atoms with Crippen LogP contribution in [0.25, 0.3) is 21.8 Å². The fraction of sp³-hybridized carbons (Fsp3) is 0.125. The number of aromatic amines is 2. The van der Waals surface area contributed by atoms with Gasteiger partial charge in [-0.15, -0.1) is 26.3 Å². The zero-order valence-electron chi connectivity index (χ0n) is 23.5. The predicted octanol–water partition coefficient (Wildman–Crippen LogP) is 12.3. The van der Waals surface area contributed by atoms with Gasteiger partial charge in [0, 0.05) is 43.8 Å². The molecule has 0 amide bonds. The summed E-state index contributed by atoms with van der Waals surface area (Å²) in [5, 5.41) is 4.33. The van der Waals surface area contributed by atoms with Crippen molar-refractivity contribution in [2.24, 2.45) is 0 Å². The molecule has 0 fully saturated rings. The second-order valence-corrected chi connectivity index (χ2v) is 11.4. The number of alkyl halides is 6. The summed E-state index contributed by atoms with van der Waals surface area (Å²) in [4.78, 5) is 5.99. The van der Waals surface area contributed by atoms with Crippen LogP contribution >= 0.6 is 46.4 Å². The molecule has 0 bridgehead atoms. The first kappa shape index (κ1) is 35.2. The normalized spacial score (nSPS) is 11.5. The molecule has 2 N–H and O–H groups in total. The van der Waals surface area contributed by atoms with Gasteiger partial charge in [0.2, 0.25) is 0 Å². The molecule has 6 aromatic rings. The number of halogens is 10. The molecule has 0 aliphatic heterocycles. The topological polar surface area (TPSA) is 50.0 Å². The van der Waals surface area contributed by atoms with Crippen LogP contribution < -0.4 is 9.47 Å². The van der Waals surface area contributed by atoms with Gasteiger partial charge in [0.15, 0.2) is 0 Å². The van der Waals surface area contributed by atoms with Gasteiger partial charge in [0.25, 0.3) is 0 Å². The van der Waals surface area contributed by atoms with E-state index in [1.54, 1.807) is 31.2 Å². The van der Waals surface area contributed by atoms with Crippen LogP contribution in [0.3, 0.4) is 0 Å². The number of H-pyrrole nitrogens is 2. The van der Waals surface area contributed by atoms with E-state index in [2.05, 4.69) is 19.4 Å². The van der Waals surface area contributed by atoms with Crippen molar-refractivity contribution in [3.05, 3.63) is 128 Å². The van der Waals surface area contributed by atoms with Crippen molar-refractivity contribution in [2.45, 2.75) is 26.1 Å². The molecule has 6 rings (SSSR count). The van der Waals surface area contributed by atoms with Gasteiger partial charge in [-0.3, -0.25) is 0 Å². The number of rotatable bonds is 4. The van der Waals surface area contributed by atoms with Gasteiger partial charge in [-0.25, -0.2) is 0 Å². The monoisotopic (exact) mass is 720 g/mol. The van der Waals surface area contributed by atoms with E-state index in [0.717, 1.165) is 38.0 Å². The molecule has 4 nitrogen and oxygen atoms in total. The Hall–Kier alpha value is -3.70. The summed E-state index contributed by atoms with van der Waals surface area (Å²) < 4.78 is 79.5. The molecule has 0 atom stereocenters. The average Bonchev–Trinajstić information content (AvgIpc) is 3.44. The lowest BCUT2D eigenvalue weighted by molar-refractivity contribution is -0.275. The molecule has 46 heavy (non-hydrogen) atoms. The second-order valence-electron chi connectivity index (χ2n) is 9.69. The zero-order chi connectivity index (χ0) is 33.6. The van der Waals surface area contributed by atoms with Crippen molar-refractivity contribution in [2.75, 3.05) is 0 Å². The van der Waals surface area contributed by atoms with Gasteiger partial charge in [-0.05, 0) is 72.6 Å². The zero-order valence-corrected chi connectivity index (χ0v) is 26.5. The van der Waals surface area contributed by atoms with Crippen molar-refractivity contribution < 1.29 is 35.8 Å². The Balaban J connectivity index is 0.000000175. The van der Waals surface area contributed by atoms with Gasteiger partial charge in [-0.2, -0.15) is 0 Å². The Bertz CT molecular complexity index is 1940. The number of aromatic nitrogens is 2. The smallest absolute Gasteiger partial charge is 0.406 e. The van der Waals surface area contributed by atoms with E-state index < -0.39 is 12.7 Å². The highest BCUT2D eigenvalue weighted by molar-refractivity contribution is 6.33. The third-order valence-electron chi connectivity index (χ3n) is 6.10. The summed E-state index contributed by atoms with van der Waals surface area (Å²) in [5.41, 5.74) is 3.94. The first-order valence-electron chi connectivity index (χ1n) is 13.1. The second kappa shape index (κ2) is 14.8. The molecule has 14 heteroatoms. The number of aryl methyl sites for hydroxylation is 1. The Morgan fingerprint density at radius 3 is 1.85 bits per heavy atom. The summed E-state index contributed by atoms with van der Waals surface area (Å²) in [6.07, 6.45) is -8.95. The van der Waals surface area contributed by atoms with E-state index in [-0.39, 0.29) is 11.5 Å². The lowest BCUT2D eigenvalue weighted by Gasteiger charge is -2.10. The molecule has 242 valence electrons. The number of ether oxygens (including phenoxy) is 2. The molecule has 2 heterocycles. The third kappa shape index (κ3) is 10.7. The van der Waals surface area contributed by atoms with Crippen LogP contribution in [-0.4, -0.2) is 22.7 Å². The van der Waals surface area contributed by atoms with E-state index in [0.29, 0.717) is 27.3 Å². The van der Waals surface area contributed by atoms with Gasteiger partial charge in [0.05, 0.1) is 0 Å². The molecular formula is C32H22Cl4F6N2O2. The Labute approximate surface area is 278 Å². The van der Waals surface area contributed by atoms with E-state index in [9.17, 15) is 26.3 Å². The Morgan fingerprint density at radius 2 is 1.22 bits per heavy atom. The van der Waals surface area contributed by atoms with Crippen LogP contribution in [0.4, 0.5) is 26.3 Å². The lowest BCUT2D eigenvalue weighted by atomic mass is 10.0. The standard InChI is InChI=1S/C16H10Cl2F3NO.C8H5Cl2N.C8H7F3O/c17-10-4-5-12-13(15(18)22-14(12)8-10)7-9-2-1-3-11(6-9)23-16(19,20)21;9-6-2-1-5-3-8(10)11-7(5)4-6;1-6-3-2-4-7(5-6)12-8(9,10)11/h1-6,8,22H,7H2;1-4,11H;2-5H,1H3. The molecular weight excluding hydrogens is 700 g/mol. The van der Waals surface area contributed by atoms with E-state index in [4.69, 9.17) is 46.4 Å². The van der Waals surface area contributed by atoms with Crippen LogP contribution in [0.15, 0.2) is 91.0 Å². The summed E-state index contributed by atoms with van der Waals surface area (Å²) in [6, 6.07) is 24.4. The molecule has 2 aromatic heterocycles. The first-order chi connectivity index (χ1) is 21.5. The summed E-state index contributed by atoms with van der Waals surface area (Å²) in [5.74, 6) is -0.434. The maximum atomic E-state index is 12.3. The van der Waals surface area contributed by atoms with E-state index in [1.807, 2.05) is 30.3 Å². The largest absolute Gasteiger partial charge is 0.573 e. The van der Waals surface area contributed by atoms with Crippen molar-refractivity contribution in [3.63, 3.8) is 0 Å². The minimum absolute atomic E-state index is 0.178. The maximum absolute atomic E-state index is 12.3. The predicted molar refractivity (Wildman–Crippen MR) is 170 cm³/mol. The van der Waals surface area contributed by atoms with Crippen LogP contribution in [0, 0.1) is 6.92 Å².